The van der Waals surface area contributed by atoms with Crippen molar-refractivity contribution in [3.05, 3.63) is 0 Å². The molecule has 0 aromatic carbocycles. The summed E-state index contributed by atoms with van der Waals surface area (Å²) >= 11 is 0. The van der Waals surface area contributed by atoms with Gasteiger partial charge in [0.05, 0.1) is 6.10 Å². The van der Waals surface area contributed by atoms with Crippen LogP contribution in [0.4, 0.5) is 0 Å². The third-order valence-corrected chi connectivity index (χ3v) is 2.78. The fraction of sp³-hybridized carbons (Fsp3) is 1.00. The van der Waals surface area contributed by atoms with E-state index >= 15 is 0 Å². The lowest BCUT2D eigenvalue weighted by Gasteiger charge is -2.16. The van der Waals surface area contributed by atoms with E-state index in [1.54, 1.807) is 0 Å². The van der Waals surface area contributed by atoms with Gasteiger partial charge in [-0.3, -0.25) is 0 Å². The molecule has 2 heteroatoms. The lowest BCUT2D eigenvalue weighted by molar-refractivity contribution is 0.0560. The van der Waals surface area contributed by atoms with Crippen molar-refractivity contribution >= 4 is 0 Å². The standard InChI is InChI=1S/C13H29NO/c1-5-9-12(4)15-11-8-10-13(6-2)14-7-3/h12-14H,5-11H2,1-4H3. The van der Waals surface area contributed by atoms with E-state index in [2.05, 4.69) is 33.0 Å². The molecule has 0 aromatic rings. The first kappa shape index (κ1) is 14.9. The summed E-state index contributed by atoms with van der Waals surface area (Å²) in [5, 5.41) is 3.49. The van der Waals surface area contributed by atoms with Crippen LogP contribution in [0.3, 0.4) is 0 Å². The van der Waals surface area contributed by atoms with Gasteiger partial charge < -0.3 is 10.1 Å². The molecule has 2 unspecified atom stereocenters. The van der Waals surface area contributed by atoms with Crippen molar-refractivity contribution in [3.63, 3.8) is 0 Å². The fourth-order valence-corrected chi connectivity index (χ4v) is 1.84. The molecular weight excluding hydrogens is 186 g/mol. The molecule has 0 amide bonds. The highest BCUT2D eigenvalue weighted by atomic mass is 16.5. The van der Waals surface area contributed by atoms with E-state index in [-0.39, 0.29) is 0 Å². The van der Waals surface area contributed by atoms with E-state index in [0.717, 1.165) is 13.2 Å². The van der Waals surface area contributed by atoms with Crippen LogP contribution in [0.1, 0.15) is 59.8 Å². The first-order chi connectivity index (χ1) is 7.24. The maximum Gasteiger partial charge on any atom is 0.0546 e. The van der Waals surface area contributed by atoms with Gasteiger partial charge in [-0.15, -0.1) is 0 Å². The quantitative estimate of drug-likeness (QED) is 0.564. The SMILES string of the molecule is CCCC(C)OCCCC(CC)NCC. The van der Waals surface area contributed by atoms with E-state index in [1.807, 2.05) is 0 Å². The normalized spacial score (nSPS) is 15.2. The van der Waals surface area contributed by atoms with E-state index in [4.69, 9.17) is 4.74 Å². The summed E-state index contributed by atoms with van der Waals surface area (Å²) in [5.74, 6) is 0. The monoisotopic (exact) mass is 215 g/mol. The van der Waals surface area contributed by atoms with Crippen LogP contribution in [0.5, 0.6) is 0 Å². The lowest BCUT2D eigenvalue weighted by Crippen LogP contribution is -2.28. The molecular formula is C13H29NO. The second kappa shape index (κ2) is 10.4. The number of hydrogen-bond acceptors (Lipinski definition) is 2. The summed E-state index contributed by atoms with van der Waals surface area (Å²) in [6.45, 7) is 10.8. The van der Waals surface area contributed by atoms with Crippen molar-refractivity contribution in [2.45, 2.75) is 71.9 Å². The van der Waals surface area contributed by atoms with Crippen LogP contribution in [-0.4, -0.2) is 25.3 Å². The van der Waals surface area contributed by atoms with Gasteiger partial charge in [-0.25, -0.2) is 0 Å². The van der Waals surface area contributed by atoms with Crippen LogP contribution in [0.25, 0.3) is 0 Å². The van der Waals surface area contributed by atoms with Gasteiger partial charge in [0.25, 0.3) is 0 Å². The predicted octanol–water partition coefficient (Wildman–Crippen LogP) is 3.36. The van der Waals surface area contributed by atoms with Crippen LogP contribution in [0.2, 0.25) is 0 Å². The molecule has 92 valence electrons. The van der Waals surface area contributed by atoms with E-state index < -0.39 is 0 Å². The highest BCUT2D eigenvalue weighted by Gasteiger charge is 2.04. The average Bonchev–Trinajstić information content (AvgIpc) is 2.23. The van der Waals surface area contributed by atoms with Gasteiger partial charge in [0.15, 0.2) is 0 Å². The lowest BCUT2D eigenvalue weighted by atomic mass is 10.1. The van der Waals surface area contributed by atoms with Crippen molar-refractivity contribution in [3.8, 4) is 0 Å². The van der Waals surface area contributed by atoms with Gasteiger partial charge in [0.1, 0.15) is 0 Å². The zero-order chi connectivity index (χ0) is 11.5. The number of hydrogen-bond donors (Lipinski definition) is 1. The number of ether oxygens (including phenoxy) is 1. The molecule has 0 rings (SSSR count). The van der Waals surface area contributed by atoms with E-state index in [9.17, 15) is 0 Å². The molecule has 0 aliphatic carbocycles. The van der Waals surface area contributed by atoms with Crippen LogP contribution in [0.15, 0.2) is 0 Å². The number of nitrogens with one attached hydrogen (secondary N) is 1. The minimum absolute atomic E-state index is 0.439. The molecule has 2 nitrogen and oxygen atoms in total. The molecule has 0 aliphatic heterocycles. The zero-order valence-electron chi connectivity index (χ0n) is 11.0. The highest BCUT2D eigenvalue weighted by Crippen LogP contribution is 2.05. The van der Waals surface area contributed by atoms with Crippen molar-refractivity contribution in [1.82, 2.24) is 5.32 Å². The van der Waals surface area contributed by atoms with Gasteiger partial charge in [0.2, 0.25) is 0 Å². The summed E-state index contributed by atoms with van der Waals surface area (Å²) in [5.41, 5.74) is 0. The largest absolute Gasteiger partial charge is 0.379 e. The summed E-state index contributed by atoms with van der Waals surface area (Å²) < 4.78 is 5.73. The topological polar surface area (TPSA) is 21.3 Å². The Hall–Kier alpha value is -0.0800. The molecule has 0 bridgehead atoms. The summed E-state index contributed by atoms with van der Waals surface area (Å²) in [4.78, 5) is 0. The summed E-state index contributed by atoms with van der Waals surface area (Å²) in [7, 11) is 0. The molecule has 0 spiro atoms. The Kier molecular flexibility index (Phi) is 10.4. The predicted molar refractivity (Wildman–Crippen MR) is 67.3 cm³/mol. The van der Waals surface area contributed by atoms with Crippen LogP contribution < -0.4 is 5.32 Å². The Morgan fingerprint density at radius 2 is 1.87 bits per heavy atom. The van der Waals surface area contributed by atoms with E-state index in [1.165, 1.54) is 32.1 Å². The Morgan fingerprint density at radius 1 is 1.13 bits per heavy atom. The van der Waals surface area contributed by atoms with Crippen LogP contribution in [0, 0.1) is 0 Å². The first-order valence-electron chi connectivity index (χ1n) is 6.59. The molecule has 2 atom stereocenters. The van der Waals surface area contributed by atoms with Gasteiger partial charge in [0, 0.05) is 12.6 Å². The minimum Gasteiger partial charge on any atom is -0.379 e. The molecule has 0 aliphatic rings. The van der Waals surface area contributed by atoms with Gasteiger partial charge in [-0.1, -0.05) is 27.2 Å². The maximum absolute atomic E-state index is 5.73. The van der Waals surface area contributed by atoms with Crippen LogP contribution >= 0.6 is 0 Å². The smallest absolute Gasteiger partial charge is 0.0546 e. The van der Waals surface area contributed by atoms with Crippen molar-refractivity contribution in [2.24, 2.45) is 0 Å². The Morgan fingerprint density at radius 3 is 2.40 bits per heavy atom. The molecule has 0 radical (unpaired) electrons. The third kappa shape index (κ3) is 8.88. The zero-order valence-corrected chi connectivity index (χ0v) is 11.0. The highest BCUT2D eigenvalue weighted by molar-refractivity contribution is 4.63. The van der Waals surface area contributed by atoms with Gasteiger partial charge in [-0.2, -0.15) is 0 Å². The Balaban J connectivity index is 3.35. The molecule has 0 fully saturated rings. The van der Waals surface area contributed by atoms with E-state index in [0.29, 0.717) is 12.1 Å². The molecule has 15 heavy (non-hydrogen) atoms. The average molecular weight is 215 g/mol. The van der Waals surface area contributed by atoms with Crippen LogP contribution in [-0.2, 0) is 4.74 Å². The Labute approximate surface area is 95.8 Å². The maximum atomic E-state index is 5.73. The summed E-state index contributed by atoms with van der Waals surface area (Å²) in [6.07, 6.45) is 6.48. The first-order valence-corrected chi connectivity index (χ1v) is 6.59. The molecule has 0 aromatic heterocycles. The third-order valence-electron chi connectivity index (χ3n) is 2.78. The molecule has 0 saturated heterocycles. The number of rotatable bonds is 10. The van der Waals surface area contributed by atoms with Crippen molar-refractivity contribution in [2.75, 3.05) is 13.2 Å². The van der Waals surface area contributed by atoms with Crippen molar-refractivity contribution < 1.29 is 4.74 Å². The molecule has 1 N–H and O–H groups in total. The Bertz CT molecular complexity index is 128. The van der Waals surface area contributed by atoms with Gasteiger partial charge in [-0.05, 0) is 39.2 Å². The molecule has 0 saturated carbocycles. The second-order valence-electron chi connectivity index (χ2n) is 4.28. The minimum atomic E-state index is 0.439. The molecule has 0 heterocycles. The summed E-state index contributed by atoms with van der Waals surface area (Å²) in [6, 6.07) is 0.681. The van der Waals surface area contributed by atoms with Gasteiger partial charge >= 0.3 is 0 Å². The second-order valence-corrected chi connectivity index (χ2v) is 4.28. The van der Waals surface area contributed by atoms with Crippen molar-refractivity contribution in [1.29, 1.82) is 0 Å². The fourth-order valence-electron chi connectivity index (χ4n) is 1.84.